The first-order chi connectivity index (χ1) is 11.3. The van der Waals surface area contributed by atoms with Gasteiger partial charge in [0, 0.05) is 12.1 Å². The lowest BCUT2D eigenvalue weighted by molar-refractivity contribution is 0.415. The van der Waals surface area contributed by atoms with E-state index >= 15 is 0 Å². The molecule has 3 nitrogen and oxygen atoms in total. The fourth-order valence-corrected chi connectivity index (χ4v) is 2.95. The molecule has 23 heavy (non-hydrogen) atoms. The number of aliphatic imine (C=N–C) groups is 1. The SMILES string of the molecule is COc1ccc(-c2ccc3cc(C4=NCCN4)ccc3c2)cc1. The van der Waals surface area contributed by atoms with Crippen molar-refractivity contribution in [2.75, 3.05) is 20.2 Å². The quantitative estimate of drug-likeness (QED) is 0.797. The summed E-state index contributed by atoms with van der Waals surface area (Å²) < 4.78 is 5.22. The Kier molecular flexibility index (Phi) is 3.46. The molecule has 1 N–H and O–H groups in total. The molecule has 3 aromatic carbocycles. The zero-order valence-corrected chi connectivity index (χ0v) is 13.0. The number of nitrogens with one attached hydrogen (secondary N) is 1. The van der Waals surface area contributed by atoms with Gasteiger partial charge in [-0.3, -0.25) is 4.99 Å². The summed E-state index contributed by atoms with van der Waals surface area (Å²) >= 11 is 0. The van der Waals surface area contributed by atoms with Crippen LogP contribution in [0.1, 0.15) is 5.56 Å². The Morgan fingerprint density at radius 2 is 1.48 bits per heavy atom. The summed E-state index contributed by atoms with van der Waals surface area (Å²) in [5.74, 6) is 1.88. The molecule has 0 spiro atoms. The number of ether oxygens (including phenoxy) is 1. The second kappa shape index (κ2) is 5.76. The predicted molar refractivity (Wildman–Crippen MR) is 95.3 cm³/mol. The average Bonchev–Trinajstić information content (AvgIpc) is 3.15. The maximum absolute atomic E-state index is 5.22. The Balaban J connectivity index is 1.71. The van der Waals surface area contributed by atoms with E-state index in [-0.39, 0.29) is 0 Å². The van der Waals surface area contributed by atoms with E-state index in [1.54, 1.807) is 7.11 Å². The first kappa shape index (κ1) is 13.8. The third kappa shape index (κ3) is 2.66. The normalized spacial score (nSPS) is 13.7. The van der Waals surface area contributed by atoms with Gasteiger partial charge in [-0.1, -0.05) is 36.4 Å². The van der Waals surface area contributed by atoms with Gasteiger partial charge in [0.1, 0.15) is 11.6 Å². The highest BCUT2D eigenvalue weighted by Crippen LogP contribution is 2.27. The van der Waals surface area contributed by atoms with Gasteiger partial charge in [0.2, 0.25) is 0 Å². The van der Waals surface area contributed by atoms with Crippen LogP contribution >= 0.6 is 0 Å². The van der Waals surface area contributed by atoms with Gasteiger partial charge < -0.3 is 10.1 Å². The Morgan fingerprint density at radius 1 is 0.826 bits per heavy atom. The van der Waals surface area contributed by atoms with Crippen LogP contribution in [0.5, 0.6) is 5.75 Å². The summed E-state index contributed by atoms with van der Waals surface area (Å²) in [5, 5.41) is 5.79. The van der Waals surface area contributed by atoms with Crippen LogP contribution in [0.3, 0.4) is 0 Å². The van der Waals surface area contributed by atoms with E-state index in [9.17, 15) is 0 Å². The lowest BCUT2D eigenvalue weighted by Crippen LogP contribution is -2.19. The average molecular weight is 302 g/mol. The van der Waals surface area contributed by atoms with E-state index in [1.165, 1.54) is 21.9 Å². The second-order valence-corrected chi connectivity index (χ2v) is 5.66. The summed E-state index contributed by atoms with van der Waals surface area (Å²) in [6.45, 7) is 1.80. The first-order valence-corrected chi connectivity index (χ1v) is 7.80. The molecule has 1 aliphatic rings. The molecule has 114 valence electrons. The number of nitrogens with zero attached hydrogens (tertiary/aromatic N) is 1. The maximum Gasteiger partial charge on any atom is 0.128 e. The molecule has 0 aromatic heterocycles. The number of hydrogen-bond donors (Lipinski definition) is 1. The lowest BCUT2D eigenvalue weighted by Gasteiger charge is -2.08. The minimum absolute atomic E-state index is 0.865. The molecule has 4 rings (SSSR count). The van der Waals surface area contributed by atoms with Crippen molar-refractivity contribution in [3.63, 3.8) is 0 Å². The van der Waals surface area contributed by atoms with Crippen molar-refractivity contribution in [1.82, 2.24) is 5.32 Å². The van der Waals surface area contributed by atoms with Gasteiger partial charge in [0.15, 0.2) is 0 Å². The van der Waals surface area contributed by atoms with Crippen molar-refractivity contribution in [3.8, 4) is 16.9 Å². The van der Waals surface area contributed by atoms with Crippen LogP contribution < -0.4 is 10.1 Å². The topological polar surface area (TPSA) is 33.6 Å². The Bertz CT molecular complexity index is 882. The van der Waals surface area contributed by atoms with Crippen LogP contribution in [0.25, 0.3) is 21.9 Å². The second-order valence-electron chi connectivity index (χ2n) is 5.66. The van der Waals surface area contributed by atoms with E-state index < -0.39 is 0 Å². The summed E-state index contributed by atoms with van der Waals surface area (Å²) in [6, 6.07) is 21.2. The maximum atomic E-state index is 5.22. The lowest BCUT2D eigenvalue weighted by atomic mass is 9.99. The van der Waals surface area contributed by atoms with E-state index in [1.807, 2.05) is 12.1 Å². The van der Waals surface area contributed by atoms with Gasteiger partial charge in [-0.05, 0) is 46.2 Å². The monoisotopic (exact) mass is 302 g/mol. The van der Waals surface area contributed by atoms with Gasteiger partial charge >= 0.3 is 0 Å². The molecule has 0 fully saturated rings. The fourth-order valence-electron chi connectivity index (χ4n) is 2.95. The Morgan fingerprint density at radius 3 is 2.13 bits per heavy atom. The first-order valence-electron chi connectivity index (χ1n) is 7.80. The zero-order chi connectivity index (χ0) is 15.6. The number of fused-ring (bicyclic) bond motifs is 1. The number of benzene rings is 3. The summed E-state index contributed by atoms with van der Waals surface area (Å²) in [4.78, 5) is 4.49. The van der Waals surface area contributed by atoms with Gasteiger partial charge in [-0.25, -0.2) is 0 Å². The minimum atomic E-state index is 0.865. The van der Waals surface area contributed by atoms with Crippen LogP contribution in [-0.4, -0.2) is 26.0 Å². The van der Waals surface area contributed by atoms with Crippen LogP contribution in [-0.2, 0) is 0 Å². The molecule has 0 saturated heterocycles. The summed E-state index contributed by atoms with van der Waals surface area (Å²) in [5.41, 5.74) is 3.56. The van der Waals surface area contributed by atoms with Crippen molar-refractivity contribution in [1.29, 1.82) is 0 Å². The molecular weight excluding hydrogens is 284 g/mol. The summed E-state index contributed by atoms with van der Waals surface area (Å²) in [6.07, 6.45) is 0. The minimum Gasteiger partial charge on any atom is -0.497 e. The Labute approximate surface area is 135 Å². The van der Waals surface area contributed by atoms with Gasteiger partial charge in [0.05, 0.1) is 13.7 Å². The third-order valence-corrected chi connectivity index (χ3v) is 4.21. The fraction of sp³-hybridized carbons (Fsp3) is 0.150. The highest BCUT2D eigenvalue weighted by Gasteiger charge is 2.08. The molecule has 0 saturated carbocycles. The predicted octanol–water partition coefficient (Wildman–Crippen LogP) is 3.87. The van der Waals surface area contributed by atoms with Gasteiger partial charge in [-0.2, -0.15) is 0 Å². The molecule has 0 bridgehead atoms. The number of rotatable bonds is 3. The van der Waals surface area contributed by atoms with Gasteiger partial charge in [0.25, 0.3) is 0 Å². The zero-order valence-electron chi connectivity index (χ0n) is 13.0. The van der Waals surface area contributed by atoms with Crippen LogP contribution in [0.4, 0.5) is 0 Å². The standard InChI is InChI=1S/C20H18N2O/c1-23-19-8-6-14(7-9-19)15-2-3-17-13-18(5-4-16(17)12-15)20-21-10-11-22-20/h2-9,12-13H,10-11H2,1H3,(H,21,22). The molecule has 1 aliphatic heterocycles. The molecule has 0 radical (unpaired) electrons. The smallest absolute Gasteiger partial charge is 0.128 e. The van der Waals surface area contributed by atoms with Crippen molar-refractivity contribution >= 4 is 16.6 Å². The molecule has 0 unspecified atom stereocenters. The molecule has 3 heteroatoms. The number of methoxy groups -OCH3 is 1. The van der Waals surface area contributed by atoms with Crippen molar-refractivity contribution in [3.05, 3.63) is 66.2 Å². The molecule has 1 heterocycles. The summed E-state index contributed by atoms with van der Waals surface area (Å²) in [7, 11) is 1.69. The highest BCUT2D eigenvalue weighted by molar-refractivity contribution is 6.03. The van der Waals surface area contributed by atoms with Crippen LogP contribution in [0, 0.1) is 0 Å². The molecule has 3 aromatic rings. The Hall–Kier alpha value is -2.81. The van der Waals surface area contributed by atoms with Crippen LogP contribution in [0.15, 0.2) is 65.7 Å². The van der Waals surface area contributed by atoms with E-state index in [0.717, 1.165) is 30.2 Å². The van der Waals surface area contributed by atoms with Crippen LogP contribution in [0.2, 0.25) is 0 Å². The van der Waals surface area contributed by atoms with E-state index in [4.69, 9.17) is 4.74 Å². The van der Waals surface area contributed by atoms with E-state index in [2.05, 4.69) is 58.8 Å². The molecule has 0 aliphatic carbocycles. The van der Waals surface area contributed by atoms with Crippen molar-refractivity contribution in [2.24, 2.45) is 4.99 Å². The highest BCUT2D eigenvalue weighted by atomic mass is 16.5. The third-order valence-electron chi connectivity index (χ3n) is 4.21. The molecular formula is C20H18N2O. The van der Waals surface area contributed by atoms with Gasteiger partial charge in [-0.15, -0.1) is 0 Å². The van der Waals surface area contributed by atoms with Crippen molar-refractivity contribution < 1.29 is 4.74 Å². The van der Waals surface area contributed by atoms with Crippen molar-refractivity contribution in [2.45, 2.75) is 0 Å². The van der Waals surface area contributed by atoms with E-state index in [0.29, 0.717) is 0 Å². The largest absolute Gasteiger partial charge is 0.497 e. The number of amidine groups is 1. The molecule has 0 atom stereocenters. The number of hydrogen-bond acceptors (Lipinski definition) is 3. The molecule has 0 amide bonds.